The first-order valence-corrected chi connectivity index (χ1v) is 9.10. The summed E-state index contributed by atoms with van der Waals surface area (Å²) >= 11 is 2.97. The van der Waals surface area contributed by atoms with Crippen LogP contribution in [0, 0.1) is 5.92 Å². The molecule has 0 spiro atoms. The molecule has 0 saturated carbocycles. The molecule has 0 aromatic rings. The normalized spacial score (nSPS) is 21.1. The van der Waals surface area contributed by atoms with Gasteiger partial charge in [0, 0.05) is 49.2 Å². The van der Waals surface area contributed by atoms with Gasteiger partial charge in [0.05, 0.1) is 0 Å². The van der Waals surface area contributed by atoms with Crippen molar-refractivity contribution in [1.82, 2.24) is 16.0 Å². The summed E-state index contributed by atoms with van der Waals surface area (Å²) in [6.07, 6.45) is 3.38. The molecule has 0 radical (unpaired) electrons. The number of carbonyl (C=O) groups excluding carboxylic acids is 3. The van der Waals surface area contributed by atoms with E-state index in [2.05, 4.69) is 16.0 Å². The Labute approximate surface area is 138 Å². The number of hydrogen-bond donors (Lipinski definition) is 3. The zero-order chi connectivity index (χ0) is 16.2. The van der Waals surface area contributed by atoms with Crippen LogP contribution in [0.1, 0.15) is 13.3 Å². The second-order valence-corrected chi connectivity index (χ2v) is 6.72. The van der Waals surface area contributed by atoms with Gasteiger partial charge in [0.25, 0.3) is 0 Å². The van der Waals surface area contributed by atoms with Gasteiger partial charge in [-0.1, -0.05) is 6.92 Å². The van der Waals surface area contributed by atoms with E-state index in [1.54, 1.807) is 17.7 Å². The summed E-state index contributed by atoms with van der Waals surface area (Å²) in [6.45, 7) is 2.95. The lowest BCUT2D eigenvalue weighted by Gasteiger charge is -2.18. The van der Waals surface area contributed by atoms with Crippen LogP contribution < -0.4 is 16.0 Å². The summed E-state index contributed by atoms with van der Waals surface area (Å²) in [5.41, 5.74) is 0. The maximum absolute atomic E-state index is 11.7. The van der Waals surface area contributed by atoms with Crippen LogP contribution in [-0.4, -0.2) is 42.4 Å². The molecule has 1 heterocycles. The summed E-state index contributed by atoms with van der Waals surface area (Å²) in [5, 5.41) is 12.5. The molecule has 122 valence electrons. The van der Waals surface area contributed by atoms with Crippen LogP contribution in [0.15, 0.2) is 23.0 Å². The van der Waals surface area contributed by atoms with Crippen LogP contribution in [0.25, 0.3) is 0 Å². The molecule has 0 aromatic heterocycles. The van der Waals surface area contributed by atoms with Crippen molar-refractivity contribution in [2.45, 2.75) is 13.3 Å². The van der Waals surface area contributed by atoms with Crippen molar-refractivity contribution in [3.63, 3.8) is 0 Å². The minimum atomic E-state index is -0.178. The van der Waals surface area contributed by atoms with Crippen LogP contribution in [-0.2, 0) is 14.4 Å². The van der Waals surface area contributed by atoms with Gasteiger partial charge in [0.1, 0.15) is 0 Å². The highest BCUT2D eigenvalue weighted by Crippen LogP contribution is 2.13. The lowest BCUT2D eigenvalue weighted by atomic mass is 10.1. The van der Waals surface area contributed by atoms with E-state index >= 15 is 0 Å². The van der Waals surface area contributed by atoms with E-state index in [1.165, 1.54) is 35.7 Å². The summed E-state index contributed by atoms with van der Waals surface area (Å²) in [7, 11) is 0. The zero-order valence-corrected chi connectivity index (χ0v) is 14.1. The van der Waals surface area contributed by atoms with Crippen molar-refractivity contribution in [3.05, 3.63) is 23.0 Å². The second kappa shape index (κ2) is 11.2. The number of carbonyl (C=O) groups is 3. The second-order valence-electron chi connectivity index (χ2n) is 4.57. The predicted molar refractivity (Wildman–Crippen MR) is 91.1 cm³/mol. The van der Waals surface area contributed by atoms with E-state index in [0.717, 1.165) is 5.08 Å². The average molecular weight is 343 g/mol. The highest BCUT2D eigenvalue weighted by atomic mass is 32.2. The summed E-state index contributed by atoms with van der Waals surface area (Å²) in [5.74, 6) is -0.468. The van der Waals surface area contributed by atoms with E-state index in [4.69, 9.17) is 0 Å². The minimum Gasteiger partial charge on any atom is -0.356 e. The van der Waals surface area contributed by atoms with Gasteiger partial charge in [-0.05, 0) is 10.8 Å². The molecular formula is C14H21N3O3S2. The van der Waals surface area contributed by atoms with Crippen LogP contribution in [0.3, 0.4) is 0 Å². The van der Waals surface area contributed by atoms with E-state index < -0.39 is 0 Å². The number of rotatable bonds is 3. The molecule has 0 saturated heterocycles. The van der Waals surface area contributed by atoms with E-state index in [-0.39, 0.29) is 23.6 Å². The third-order valence-corrected chi connectivity index (χ3v) is 4.55. The van der Waals surface area contributed by atoms with Crippen molar-refractivity contribution in [3.8, 4) is 0 Å². The highest BCUT2D eigenvalue weighted by molar-refractivity contribution is 8.18. The first-order valence-electron chi connectivity index (χ1n) is 7.00. The molecule has 0 aliphatic carbocycles. The zero-order valence-electron chi connectivity index (χ0n) is 12.5. The third-order valence-electron chi connectivity index (χ3n) is 2.81. The molecule has 22 heavy (non-hydrogen) atoms. The van der Waals surface area contributed by atoms with Gasteiger partial charge in [0.2, 0.25) is 17.7 Å². The molecule has 6 nitrogen and oxygen atoms in total. The van der Waals surface area contributed by atoms with E-state index in [0.29, 0.717) is 26.1 Å². The van der Waals surface area contributed by atoms with Gasteiger partial charge in [0.15, 0.2) is 0 Å². The quantitative estimate of drug-likeness (QED) is 0.706. The Kier molecular flexibility index (Phi) is 9.49. The van der Waals surface area contributed by atoms with E-state index in [9.17, 15) is 14.4 Å². The number of thioether (sulfide) groups is 2. The Morgan fingerprint density at radius 3 is 2.23 bits per heavy atom. The van der Waals surface area contributed by atoms with Crippen molar-refractivity contribution >= 4 is 41.2 Å². The van der Waals surface area contributed by atoms with Crippen molar-refractivity contribution in [2.24, 2.45) is 5.92 Å². The predicted octanol–water partition coefficient (Wildman–Crippen LogP) is 0.826. The number of amides is 3. The van der Waals surface area contributed by atoms with Gasteiger partial charge in [-0.15, -0.1) is 23.5 Å². The van der Waals surface area contributed by atoms with Crippen molar-refractivity contribution in [1.29, 1.82) is 0 Å². The Bertz CT molecular complexity index is 423. The van der Waals surface area contributed by atoms with Gasteiger partial charge >= 0.3 is 0 Å². The molecule has 0 bridgehead atoms. The number of hydrogen-bond acceptors (Lipinski definition) is 5. The Morgan fingerprint density at radius 2 is 1.73 bits per heavy atom. The first kappa shape index (κ1) is 18.6. The molecule has 0 fully saturated rings. The van der Waals surface area contributed by atoms with Crippen molar-refractivity contribution in [2.75, 3.05) is 24.7 Å². The molecule has 1 aliphatic rings. The maximum atomic E-state index is 11.7. The molecule has 1 rings (SSSR count). The van der Waals surface area contributed by atoms with Crippen molar-refractivity contribution < 1.29 is 14.4 Å². The molecule has 0 aromatic carbocycles. The van der Waals surface area contributed by atoms with Crippen LogP contribution in [0.2, 0.25) is 0 Å². The lowest BCUT2D eigenvalue weighted by Crippen LogP contribution is -2.42. The standard InChI is InChI=1S/C14H21N3O3S2/c1-2-12(18)15-7-11-8-16-13(19)3-5-21-10-22-6-4-14(20)17-9-11/h3-6,11H,2,7-10H2,1H3,(H,15,18)(H,16,19)(H,17,20)/b5-3+,6-4+. The molecular weight excluding hydrogens is 322 g/mol. The Morgan fingerprint density at radius 1 is 1.18 bits per heavy atom. The monoisotopic (exact) mass is 343 g/mol. The third kappa shape index (κ3) is 8.78. The van der Waals surface area contributed by atoms with Crippen LogP contribution in [0.4, 0.5) is 0 Å². The maximum Gasteiger partial charge on any atom is 0.244 e. The first-order chi connectivity index (χ1) is 10.6. The largest absolute Gasteiger partial charge is 0.356 e. The molecule has 8 heteroatoms. The summed E-state index contributed by atoms with van der Waals surface area (Å²) in [6, 6.07) is 0. The summed E-state index contributed by atoms with van der Waals surface area (Å²) in [4.78, 5) is 34.6. The Balaban J connectivity index is 2.60. The molecule has 3 amide bonds. The van der Waals surface area contributed by atoms with Gasteiger partial charge in [-0.25, -0.2) is 0 Å². The SMILES string of the molecule is CCC(=O)NCC1CNC(=O)/C=C/SCS/C=C/C(=O)NC1. The van der Waals surface area contributed by atoms with Crippen LogP contribution >= 0.6 is 23.5 Å². The fraction of sp³-hybridized carbons (Fsp3) is 0.500. The Hall–Kier alpha value is -1.41. The van der Waals surface area contributed by atoms with E-state index in [1.807, 2.05) is 0 Å². The summed E-state index contributed by atoms with van der Waals surface area (Å²) < 4.78 is 0. The fourth-order valence-corrected chi connectivity index (χ4v) is 2.93. The number of nitrogens with one attached hydrogen (secondary N) is 3. The molecule has 0 unspecified atom stereocenters. The van der Waals surface area contributed by atoms with Gasteiger partial charge in [-0.2, -0.15) is 0 Å². The highest BCUT2D eigenvalue weighted by Gasteiger charge is 2.12. The molecule has 0 atom stereocenters. The smallest absolute Gasteiger partial charge is 0.244 e. The average Bonchev–Trinajstić information content (AvgIpc) is 2.52. The topological polar surface area (TPSA) is 87.3 Å². The van der Waals surface area contributed by atoms with Gasteiger partial charge in [-0.3, -0.25) is 14.4 Å². The fourth-order valence-electron chi connectivity index (χ4n) is 1.55. The lowest BCUT2D eigenvalue weighted by molar-refractivity contribution is -0.120. The molecule has 3 N–H and O–H groups in total. The van der Waals surface area contributed by atoms with Crippen LogP contribution in [0.5, 0.6) is 0 Å². The minimum absolute atomic E-state index is 0.0513. The van der Waals surface area contributed by atoms with Gasteiger partial charge < -0.3 is 16.0 Å². The molecule has 1 aliphatic heterocycles.